The molecule has 9 nitrogen and oxygen atoms in total. The van der Waals surface area contributed by atoms with Crippen LogP contribution in [0.2, 0.25) is 0 Å². The Labute approximate surface area is 216 Å². The van der Waals surface area contributed by atoms with E-state index in [-0.39, 0.29) is 29.6 Å². The Hall–Kier alpha value is -3.31. The number of hydrogen-bond donors (Lipinski definition) is 3. The summed E-state index contributed by atoms with van der Waals surface area (Å²) in [6, 6.07) is 14.8. The summed E-state index contributed by atoms with van der Waals surface area (Å²) in [7, 11) is 4.69. The summed E-state index contributed by atoms with van der Waals surface area (Å²) in [4.78, 5) is 11.7. The fraction of sp³-hybridized carbons (Fsp3) is 0.308. The molecule has 0 bridgehead atoms. The van der Waals surface area contributed by atoms with Crippen LogP contribution in [-0.4, -0.2) is 69.3 Å². The fourth-order valence-electron chi connectivity index (χ4n) is 3.56. The molecule has 0 spiro atoms. The molecule has 2 unspecified atom stereocenters. The van der Waals surface area contributed by atoms with Gasteiger partial charge in [0.05, 0.1) is 28.4 Å². The maximum Gasteiger partial charge on any atom is 0.241 e. The average molecular weight is 513 g/mol. The Kier molecular flexibility index (Phi) is 10.5. The van der Waals surface area contributed by atoms with Crippen LogP contribution < -0.4 is 5.32 Å². The predicted molar refractivity (Wildman–Crippen MR) is 146 cm³/mol. The molecule has 0 saturated carbocycles. The summed E-state index contributed by atoms with van der Waals surface area (Å²) in [6.07, 6.45) is 1.64. The monoisotopic (exact) mass is 512 g/mol. The number of hydrogen-bond acceptors (Lipinski definition) is 8. The molecule has 3 aromatic rings. The summed E-state index contributed by atoms with van der Waals surface area (Å²) in [6.45, 7) is 5.19. The quantitative estimate of drug-likeness (QED) is 0.297. The summed E-state index contributed by atoms with van der Waals surface area (Å²) in [5, 5.41) is 19.7. The van der Waals surface area contributed by atoms with Crippen LogP contribution in [0.25, 0.3) is 11.3 Å². The lowest BCUT2D eigenvalue weighted by Gasteiger charge is -2.16. The molecule has 2 atom stereocenters. The standard InChI is InChI=1S/C26H32N6O2S.H2O.H2/c1-17(16-32(4)5)35(33)22-12-10-20(11-13-22)23-15-30-18(2)24(31-23)26(28)34-25(27)21-8-6-19(7-9-21)14-29-3;;/h6-13,15,17,27-29H,14,16H2,1-5H3;1H2;1H. The van der Waals surface area contributed by atoms with Gasteiger partial charge in [-0.25, -0.2) is 4.98 Å². The number of aryl methyl sites for hydroxylation is 1. The van der Waals surface area contributed by atoms with Crippen molar-refractivity contribution >= 4 is 22.6 Å². The summed E-state index contributed by atoms with van der Waals surface area (Å²) < 4.78 is 18.3. The van der Waals surface area contributed by atoms with Crippen molar-refractivity contribution in [1.29, 1.82) is 10.8 Å². The Balaban J connectivity index is 0.00000342. The van der Waals surface area contributed by atoms with Crippen LogP contribution in [0, 0.1) is 17.7 Å². The second kappa shape index (κ2) is 13.1. The van der Waals surface area contributed by atoms with Crippen molar-refractivity contribution in [2.24, 2.45) is 0 Å². The van der Waals surface area contributed by atoms with E-state index >= 15 is 0 Å². The lowest BCUT2D eigenvalue weighted by molar-refractivity contribution is 0.410. The van der Waals surface area contributed by atoms with Gasteiger partial charge in [-0.15, -0.1) is 0 Å². The molecule has 5 N–H and O–H groups in total. The topological polar surface area (TPSA) is 147 Å². The van der Waals surface area contributed by atoms with Crippen molar-refractivity contribution in [3.8, 4) is 11.3 Å². The highest BCUT2D eigenvalue weighted by atomic mass is 32.2. The first-order valence-electron chi connectivity index (χ1n) is 11.3. The van der Waals surface area contributed by atoms with E-state index in [1.165, 1.54) is 0 Å². The van der Waals surface area contributed by atoms with Gasteiger partial charge in [0.1, 0.15) is 5.69 Å². The van der Waals surface area contributed by atoms with E-state index in [0.29, 0.717) is 17.0 Å². The van der Waals surface area contributed by atoms with Crippen LogP contribution in [0.1, 0.15) is 30.9 Å². The van der Waals surface area contributed by atoms with Crippen LogP contribution in [0.15, 0.2) is 59.6 Å². The Morgan fingerprint density at radius 2 is 1.75 bits per heavy atom. The molecule has 36 heavy (non-hydrogen) atoms. The van der Waals surface area contributed by atoms with Gasteiger partial charge in [-0.2, -0.15) is 0 Å². The SMILES string of the molecule is CNCc1ccc(C(=N)OC(=N)c2nc(-c3ccc(S(=O)C(C)CN(C)C)cc3)cnc2C)cc1.O.[HH]. The van der Waals surface area contributed by atoms with E-state index in [1.54, 1.807) is 25.3 Å². The Morgan fingerprint density at radius 1 is 1.11 bits per heavy atom. The second-order valence-electron chi connectivity index (χ2n) is 8.57. The largest absolute Gasteiger partial charge is 0.419 e. The molecule has 0 aliphatic carbocycles. The number of rotatable bonds is 9. The number of benzene rings is 2. The molecule has 3 rings (SSSR count). The zero-order valence-corrected chi connectivity index (χ0v) is 22.1. The van der Waals surface area contributed by atoms with Crippen molar-refractivity contribution in [1.82, 2.24) is 20.2 Å². The van der Waals surface area contributed by atoms with Crippen LogP contribution >= 0.6 is 0 Å². The molecule has 2 aromatic carbocycles. The summed E-state index contributed by atoms with van der Waals surface area (Å²) in [5.74, 6) is -0.368. The van der Waals surface area contributed by atoms with E-state index in [4.69, 9.17) is 15.6 Å². The van der Waals surface area contributed by atoms with Crippen LogP contribution in [-0.2, 0) is 22.1 Å². The van der Waals surface area contributed by atoms with Gasteiger partial charge in [-0.05, 0) is 64.8 Å². The number of nitrogens with zero attached hydrogens (tertiary/aromatic N) is 3. The third-order valence-electron chi connectivity index (χ3n) is 5.34. The van der Waals surface area contributed by atoms with Crippen LogP contribution in [0.3, 0.4) is 0 Å². The molecule has 1 heterocycles. The van der Waals surface area contributed by atoms with Crippen molar-refractivity contribution < 1.29 is 15.8 Å². The predicted octanol–water partition coefficient (Wildman–Crippen LogP) is 3.02. The molecular formula is C26H36N6O3S. The highest BCUT2D eigenvalue weighted by molar-refractivity contribution is 7.85. The molecule has 0 aliphatic rings. The number of ether oxygens (including phenoxy) is 1. The number of nitrogens with one attached hydrogen (secondary N) is 3. The zero-order valence-electron chi connectivity index (χ0n) is 21.3. The van der Waals surface area contributed by atoms with Crippen molar-refractivity contribution in [2.45, 2.75) is 30.5 Å². The molecule has 1 aromatic heterocycles. The molecule has 0 saturated heterocycles. The second-order valence-corrected chi connectivity index (χ2v) is 10.4. The van der Waals surface area contributed by atoms with E-state index in [2.05, 4.69) is 15.3 Å². The maximum absolute atomic E-state index is 12.8. The van der Waals surface area contributed by atoms with Crippen molar-refractivity contribution in [3.63, 3.8) is 0 Å². The first-order chi connectivity index (χ1) is 16.7. The first-order valence-corrected chi connectivity index (χ1v) is 12.5. The van der Waals surface area contributed by atoms with E-state index < -0.39 is 10.8 Å². The van der Waals surface area contributed by atoms with Gasteiger partial charge < -0.3 is 20.4 Å². The minimum atomic E-state index is -1.12. The molecule has 0 amide bonds. The van der Waals surface area contributed by atoms with E-state index in [0.717, 1.165) is 29.1 Å². The maximum atomic E-state index is 12.8. The Morgan fingerprint density at radius 3 is 2.33 bits per heavy atom. The third-order valence-corrected chi connectivity index (χ3v) is 6.96. The highest BCUT2D eigenvalue weighted by Gasteiger charge is 2.17. The van der Waals surface area contributed by atoms with Gasteiger partial charge >= 0.3 is 0 Å². The van der Waals surface area contributed by atoms with Crippen molar-refractivity contribution in [3.05, 3.63) is 77.2 Å². The van der Waals surface area contributed by atoms with Gasteiger partial charge in [0, 0.05) is 35.8 Å². The normalized spacial score (nSPS) is 12.5. The average Bonchev–Trinajstić information content (AvgIpc) is 2.84. The molecule has 194 valence electrons. The lowest BCUT2D eigenvalue weighted by Crippen LogP contribution is -2.27. The first kappa shape index (κ1) is 28.9. The van der Waals surface area contributed by atoms with E-state index in [9.17, 15) is 4.21 Å². The lowest BCUT2D eigenvalue weighted by atomic mass is 10.1. The zero-order chi connectivity index (χ0) is 25.5. The Bertz CT molecular complexity index is 1220. The molecule has 0 aliphatic heterocycles. The summed E-state index contributed by atoms with van der Waals surface area (Å²) >= 11 is 0. The molecular weight excluding hydrogens is 476 g/mol. The highest BCUT2D eigenvalue weighted by Crippen LogP contribution is 2.21. The van der Waals surface area contributed by atoms with Gasteiger partial charge in [0.15, 0.2) is 0 Å². The number of aromatic nitrogens is 2. The van der Waals surface area contributed by atoms with Crippen LogP contribution in [0.5, 0.6) is 0 Å². The van der Waals surface area contributed by atoms with E-state index in [1.807, 2.05) is 69.4 Å². The fourth-order valence-corrected chi connectivity index (χ4v) is 4.87. The molecule has 0 radical (unpaired) electrons. The minimum absolute atomic E-state index is 0. The van der Waals surface area contributed by atoms with Crippen molar-refractivity contribution in [2.75, 3.05) is 27.7 Å². The van der Waals surface area contributed by atoms with Gasteiger partial charge in [-0.1, -0.05) is 24.3 Å². The van der Waals surface area contributed by atoms with Crippen LogP contribution in [0.4, 0.5) is 0 Å². The van der Waals surface area contributed by atoms with Gasteiger partial charge in [0.2, 0.25) is 11.8 Å². The van der Waals surface area contributed by atoms with Gasteiger partial charge in [0.25, 0.3) is 0 Å². The summed E-state index contributed by atoms with van der Waals surface area (Å²) in [5.41, 5.74) is 3.83. The third kappa shape index (κ3) is 7.34. The smallest absolute Gasteiger partial charge is 0.241 e. The minimum Gasteiger partial charge on any atom is -0.419 e. The molecule has 10 heteroatoms. The molecule has 0 fully saturated rings. The van der Waals surface area contributed by atoms with Gasteiger partial charge in [-0.3, -0.25) is 20.0 Å².